The second-order valence-electron chi connectivity index (χ2n) is 4.76. The highest BCUT2D eigenvalue weighted by atomic mass is 16.4. The van der Waals surface area contributed by atoms with Crippen LogP contribution >= 0.6 is 0 Å². The van der Waals surface area contributed by atoms with Crippen molar-refractivity contribution in [3.63, 3.8) is 0 Å². The van der Waals surface area contributed by atoms with Gasteiger partial charge >= 0.3 is 5.97 Å². The van der Waals surface area contributed by atoms with Crippen LogP contribution in [0.15, 0.2) is 0 Å². The molecule has 0 spiro atoms. The summed E-state index contributed by atoms with van der Waals surface area (Å²) in [7, 11) is 1.49. The molecule has 0 heterocycles. The summed E-state index contributed by atoms with van der Waals surface area (Å²) in [5, 5.41) is 18.0. The van der Waals surface area contributed by atoms with E-state index in [1.165, 1.54) is 25.8 Å². The standard InChI is InChI=1S/C10H19NO4/c1-9(2,6-12)11(5)7(13)10(3,4)8(14)15/h12H,6H2,1-5H3,(H,14,15). The van der Waals surface area contributed by atoms with Crippen LogP contribution in [0.2, 0.25) is 0 Å². The molecule has 0 aromatic carbocycles. The molecule has 0 aliphatic rings. The summed E-state index contributed by atoms with van der Waals surface area (Å²) in [6, 6.07) is 0. The minimum Gasteiger partial charge on any atom is -0.480 e. The molecule has 1 amide bonds. The molecule has 15 heavy (non-hydrogen) atoms. The third-order valence-electron chi connectivity index (χ3n) is 2.67. The van der Waals surface area contributed by atoms with Crippen LogP contribution in [0.5, 0.6) is 0 Å². The van der Waals surface area contributed by atoms with E-state index in [-0.39, 0.29) is 6.61 Å². The summed E-state index contributed by atoms with van der Waals surface area (Å²) in [4.78, 5) is 24.0. The van der Waals surface area contributed by atoms with Gasteiger partial charge in [0.25, 0.3) is 0 Å². The number of carboxylic acids is 1. The zero-order valence-corrected chi connectivity index (χ0v) is 9.87. The van der Waals surface area contributed by atoms with Crippen molar-refractivity contribution in [2.45, 2.75) is 33.2 Å². The molecule has 0 aromatic heterocycles. The van der Waals surface area contributed by atoms with E-state index in [4.69, 9.17) is 10.2 Å². The first-order chi connectivity index (χ1) is 6.57. The molecule has 0 fully saturated rings. The minimum atomic E-state index is -1.47. The molecule has 0 unspecified atom stereocenters. The Balaban J connectivity index is 4.96. The van der Waals surface area contributed by atoms with Gasteiger partial charge in [0.1, 0.15) is 5.41 Å². The van der Waals surface area contributed by atoms with E-state index >= 15 is 0 Å². The molecule has 0 aromatic rings. The number of rotatable bonds is 4. The second kappa shape index (κ2) is 4.18. The summed E-state index contributed by atoms with van der Waals surface area (Å²) >= 11 is 0. The number of aliphatic hydroxyl groups excluding tert-OH is 1. The van der Waals surface area contributed by atoms with Crippen LogP contribution in [0.4, 0.5) is 0 Å². The summed E-state index contributed by atoms with van der Waals surface area (Å²) in [5.41, 5.74) is -2.23. The smallest absolute Gasteiger partial charge is 0.318 e. The Morgan fingerprint density at radius 3 is 1.87 bits per heavy atom. The minimum absolute atomic E-state index is 0.217. The van der Waals surface area contributed by atoms with Crippen LogP contribution in [0.3, 0.4) is 0 Å². The van der Waals surface area contributed by atoms with E-state index in [2.05, 4.69) is 0 Å². The lowest BCUT2D eigenvalue weighted by Gasteiger charge is -2.37. The molecule has 88 valence electrons. The number of hydrogen-bond acceptors (Lipinski definition) is 3. The third kappa shape index (κ3) is 2.68. The van der Waals surface area contributed by atoms with Crippen molar-refractivity contribution in [1.82, 2.24) is 4.90 Å². The Hall–Kier alpha value is -1.10. The van der Waals surface area contributed by atoms with Gasteiger partial charge < -0.3 is 15.1 Å². The van der Waals surface area contributed by atoms with Crippen LogP contribution in [-0.4, -0.2) is 46.2 Å². The molecule has 2 N–H and O–H groups in total. The van der Waals surface area contributed by atoms with Crippen molar-refractivity contribution in [1.29, 1.82) is 0 Å². The van der Waals surface area contributed by atoms with Gasteiger partial charge in [-0.3, -0.25) is 9.59 Å². The molecule has 0 aliphatic heterocycles. The number of aliphatic carboxylic acids is 1. The lowest BCUT2D eigenvalue weighted by atomic mass is 9.89. The summed E-state index contributed by atoms with van der Waals surface area (Å²) in [6.45, 7) is 5.82. The van der Waals surface area contributed by atoms with Gasteiger partial charge in [0.05, 0.1) is 12.1 Å². The van der Waals surface area contributed by atoms with Crippen molar-refractivity contribution >= 4 is 11.9 Å². The predicted molar refractivity (Wildman–Crippen MR) is 55.4 cm³/mol. The number of amides is 1. The van der Waals surface area contributed by atoms with Crippen molar-refractivity contribution in [3.8, 4) is 0 Å². The monoisotopic (exact) mass is 217 g/mol. The fraction of sp³-hybridized carbons (Fsp3) is 0.800. The average Bonchev–Trinajstić information content (AvgIpc) is 2.15. The number of carboxylic acid groups (broad SMARTS) is 1. The van der Waals surface area contributed by atoms with Gasteiger partial charge in [-0.25, -0.2) is 0 Å². The number of carbonyl (C=O) groups is 2. The van der Waals surface area contributed by atoms with E-state index in [1.807, 2.05) is 0 Å². The van der Waals surface area contributed by atoms with Gasteiger partial charge in [-0.15, -0.1) is 0 Å². The van der Waals surface area contributed by atoms with Crippen LogP contribution in [0, 0.1) is 5.41 Å². The number of aliphatic hydroxyl groups is 1. The second-order valence-corrected chi connectivity index (χ2v) is 4.76. The van der Waals surface area contributed by atoms with Crippen molar-refractivity contribution in [2.24, 2.45) is 5.41 Å². The average molecular weight is 217 g/mol. The van der Waals surface area contributed by atoms with Gasteiger partial charge in [-0.2, -0.15) is 0 Å². The fourth-order valence-electron chi connectivity index (χ4n) is 0.892. The maximum absolute atomic E-state index is 11.8. The largest absolute Gasteiger partial charge is 0.480 e. The quantitative estimate of drug-likeness (QED) is 0.665. The molecule has 0 saturated heterocycles. The molecular weight excluding hydrogens is 198 g/mol. The van der Waals surface area contributed by atoms with Crippen molar-refractivity contribution < 1.29 is 19.8 Å². The third-order valence-corrected chi connectivity index (χ3v) is 2.67. The van der Waals surface area contributed by atoms with E-state index in [0.29, 0.717) is 0 Å². The Morgan fingerprint density at radius 1 is 1.20 bits per heavy atom. The summed E-state index contributed by atoms with van der Waals surface area (Å²) in [6.07, 6.45) is 0. The van der Waals surface area contributed by atoms with Gasteiger partial charge in [0.2, 0.25) is 5.91 Å². The maximum Gasteiger partial charge on any atom is 0.318 e. The highest BCUT2D eigenvalue weighted by molar-refractivity contribution is 6.01. The van der Waals surface area contributed by atoms with Gasteiger partial charge in [-0.1, -0.05) is 0 Å². The molecule has 0 atom stereocenters. The van der Waals surface area contributed by atoms with E-state index in [0.717, 1.165) is 0 Å². The molecule has 5 nitrogen and oxygen atoms in total. The van der Waals surface area contributed by atoms with Crippen LogP contribution < -0.4 is 0 Å². The first-order valence-corrected chi connectivity index (χ1v) is 4.70. The van der Waals surface area contributed by atoms with Crippen LogP contribution in [0.25, 0.3) is 0 Å². The van der Waals surface area contributed by atoms with Gasteiger partial charge in [-0.05, 0) is 27.7 Å². The van der Waals surface area contributed by atoms with Crippen molar-refractivity contribution in [2.75, 3.05) is 13.7 Å². The van der Waals surface area contributed by atoms with Gasteiger partial charge in [0, 0.05) is 7.05 Å². The number of hydrogen-bond donors (Lipinski definition) is 2. The Morgan fingerprint density at radius 2 is 1.60 bits per heavy atom. The predicted octanol–water partition coefficient (Wildman–Crippen LogP) is 0.327. The Labute approximate surface area is 89.7 Å². The van der Waals surface area contributed by atoms with E-state index < -0.39 is 22.8 Å². The van der Waals surface area contributed by atoms with E-state index in [1.54, 1.807) is 13.8 Å². The number of carbonyl (C=O) groups excluding carboxylic acids is 1. The Kier molecular flexibility index (Phi) is 3.88. The normalized spacial score (nSPS) is 12.4. The van der Waals surface area contributed by atoms with Gasteiger partial charge in [0.15, 0.2) is 0 Å². The zero-order chi connectivity index (χ0) is 12.4. The number of nitrogens with zero attached hydrogens (tertiary/aromatic N) is 1. The van der Waals surface area contributed by atoms with Crippen molar-refractivity contribution in [3.05, 3.63) is 0 Å². The van der Waals surface area contributed by atoms with Crippen LogP contribution in [0.1, 0.15) is 27.7 Å². The Bertz CT molecular complexity index is 271. The highest BCUT2D eigenvalue weighted by Gasteiger charge is 2.41. The lowest BCUT2D eigenvalue weighted by molar-refractivity contribution is -0.160. The summed E-state index contributed by atoms with van der Waals surface area (Å²) in [5.74, 6) is -1.69. The molecule has 0 radical (unpaired) electrons. The van der Waals surface area contributed by atoms with Crippen LogP contribution in [-0.2, 0) is 9.59 Å². The number of likely N-dealkylation sites (N-methyl/N-ethyl adjacent to an activating group) is 1. The molecular formula is C10H19NO4. The summed E-state index contributed by atoms with van der Waals surface area (Å²) < 4.78 is 0. The molecule has 0 bridgehead atoms. The lowest BCUT2D eigenvalue weighted by Crippen LogP contribution is -2.53. The molecule has 0 saturated carbocycles. The van der Waals surface area contributed by atoms with E-state index in [9.17, 15) is 9.59 Å². The maximum atomic E-state index is 11.8. The molecule has 0 rings (SSSR count). The first-order valence-electron chi connectivity index (χ1n) is 4.70. The highest BCUT2D eigenvalue weighted by Crippen LogP contribution is 2.23. The topological polar surface area (TPSA) is 77.8 Å². The fourth-order valence-corrected chi connectivity index (χ4v) is 0.892. The molecule has 0 aliphatic carbocycles. The molecule has 5 heteroatoms. The SMILES string of the molecule is CN(C(=O)C(C)(C)C(=O)O)C(C)(C)CO. The first kappa shape index (κ1) is 13.9. The zero-order valence-electron chi connectivity index (χ0n) is 9.87.